The average molecular weight is 418 g/mol. The number of aromatic nitrogens is 3. The molecule has 2 aliphatic rings. The second-order valence-electron chi connectivity index (χ2n) is 7.97. The molecule has 1 aliphatic carbocycles. The molecule has 2 heterocycles. The van der Waals surface area contributed by atoms with Gasteiger partial charge in [-0.1, -0.05) is 53.7 Å². The second-order valence-corrected chi connectivity index (χ2v) is 7.97. The van der Waals surface area contributed by atoms with Crippen LogP contribution in [0.25, 0.3) is 11.1 Å². The number of hydrogen-bond acceptors (Lipinski definition) is 5. The molecule has 1 amide bonds. The van der Waals surface area contributed by atoms with E-state index in [1.54, 1.807) is 16.5 Å². The minimum absolute atomic E-state index is 0.0189. The number of carbonyl (C=O) groups is 2. The van der Waals surface area contributed by atoms with Gasteiger partial charge in [-0.15, -0.1) is 5.10 Å². The molecule has 0 radical (unpaired) electrons. The van der Waals surface area contributed by atoms with Crippen molar-refractivity contribution in [3.63, 3.8) is 0 Å². The van der Waals surface area contributed by atoms with Crippen molar-refractivity contribution in [3.8, 4) is 11.1 Å². The SMILES string of the molecule is Cc1c(C(=O)O)nnn1C1CCN(C(=O)OCC2c3ccccc3-c3ccccc32)C1. The van der Waals surface area contributed by atoms with Gasteiger partial charge in [0.05, 0.1) is 11.7 Å². The predicted molar refractivity (Wildman–Crippen MR) is 112 cm³/mol. The number of carboxylic acids is 1. The van der Waals surface area contributed by atoms with Gasteiger partial charge in [0.25, 0.3) is 0 Å². The molecule has 1 atom stereocenters. The first-order valence-electron chi connectivity index (χ1n) is 10.3. The van der Waals surface area contributed by atoms with Crippen LogP contribution in [0.4, 0.5) is 4.79 Å². The van der Waals surface area contributed by atoms with Gasteiger partial charge in [-0.3, -0.25) is 0 Å². The van der Waals surface area contributed by atoms with Crippen molar-refractivity contribution < 1.29 is 19.4 Å². The van der Waals surface area contributed by atoms with Crippen LogP contribution in [0.15, 0.2) is 48.5 Å². The van der Waals surface area contributed by atoms with Crippen molar-refractivity contribution in [2.75, 3.05) is 19.7 Å². The van der Waals surface area contributed by atoms with Crippen LogP contribution < -0.4 is 0 Å². The first kappa shape index (κ1) is 19.3. The highest BCUT2D eigenvalue weighted by Gasteiger charge is 2.33. The molecule has 0 spiro atoms. The minimum atomic E-state index is -1.10. The summed E-state index contributed by atoms with van der Waals surface area (Å²) in [6, 6.07) is 16.3. The predicted octanol–water partition coefficient (Wildman–Crippen LogP) is 3.48. The summed E-state index contributed by atoms with van der Waals surface area (Å²) >= 11 is 0. The lowest BCUT2D eigenvalue weighted by atomic mass is 9.98. The van der Waals surface area contributed by atoms with E-state index in [1.807, 2.05) is 24.3 Å². The summed E-state index contributed by atoms with van der Waals surface area (Å²) < 4.78 is 7.33. The quantitative estimate of drug-likeness (QED) is 0.697. The zero-order valence-electron chi connectivity index (χ0n) is 17.1. The Morgan fingerprint density at radius 2 is 1.74 bits per heavy atom. The maximum absolute atomic E-state index is 12.8. The molecule has 5 rings (SSSR count). The summed E-state index contributed by atoms with van der Waals surface area (Å²) in [7, 11) is 0. The molecular weight excluding hydrogens is 396 g/mol. The van der Waals surface area contributed by atoms with E-state index in [0.29, 0.717) is 25.2 Å². The smallest absolute Gasteiger partial charge is 0.409 e. The number of benzene rings is 2. The molecule has 31 heavy (non-hydrogen) atoms. The highest BCUT2D eigenvalue weighted by atomic mass is 16.6. The van der Waals surface area contributed by atoms with Crippen LogP contribution in [-0.2, 0) is 4.74 Å². The zero-order valence-corrected chi connectivity index (χ0v) is 17.1. The van der Waals surface area contributed by atoms with Crippen molar-refractivity contribution >= 4 is 12.1 Å². The number of carboxylic acid groups (broad SMARTS) is 1. The number of rotatable bonds is 4. The fourth-order valence-electron chi connectivity index (χ4n) is 4.68. The van der Waals surface area contributed by atoms with Gasteiger partial charge < -0.3 is 14.7 Å². The Hall–Kier alpha value is -3.68. The van der Waals surface area contributed by atoms with Crippen LogP contribution in [0, 0.1) is 6.92 Å². The Morgan fingerprint density at radius 1 is 1.10 bits per heavy atom. The van der Waals surface area contributed by atoms with E-state index in [0.717, 1.165) is 0 Å². The van der Waals surface area contributed by atoms with Gasteiger partial charge >= 0.3 is 12.1 Å². The monoisotopic (exact) mass is 418 g/mol. The number of ether oxygens (including phenoxy) is 1. The molecule has 3 aromatic rings. The summed E-state index contributed by atoms with van der Waals surface area (Å²) in [4.78, 5) is 25.6. The largest absolute Gasteiger partial charge is 0.476 e. The normalized spacial score (nSPS) is 17.5. The van der Waals surface area contributed by atoms with Crippen LogP contribution in [0.3, 0.4) is 0 Å². The van der Waals surface area contributed by atoms with E-state index in [1.165, 1.54) is 22.3 Å². The Morgan fingerprint density at radius 3 is 2.35 bits per heavy atom. The van der Waals surface area contributed by atoms with Gasteiger partial charge in [0.15, 0.2) is 5.69 Å². The summed E-state index contributed by atoms with van der Waals surface area (Å²) in [6.45, 7) is 2.90. The Labute approximate surface area is 179 Å². The Bertz CT molecular complexity index is 1130. The van der Waals surface area contributed by atoms with E-state index in [-0.39, 0.29) is 30.4 Å². The fraction of sp³-hybridized carbons (Fsp3) is 0.304. The molecular formula is C23H22N4O4. The molecule has 1 N–H and O–H groups in total. The molecule has 8 nitrogen and oxygen atoms in total. The molecule has 1 aliphatic heterocycles. The van der Waals surface area contributed by atoms with Crippen LogP contribution in [0.1, 0.15) is 45.7 Å². The lowest BCUT2D eigenvalue weighted by molar-refractivity contribution is 0.0689. The first-order chi connectivity index (χ1) is 15.0. The molecule has 0 saturated carbocycles. The lowest BCUT2D eigenvalue weighted by Crippen LogP contribution is -2.31. The number of aromatic carboxylic acids is 1. The number of fused-ring (bicyclic) bond motifs is 3. The standard InChI is InChI=1S/C23H22N4O4/c1-14-21(22(28)29)24-25-27(14)15-10-11-26(12-15)23(30)31-13-20-18-8-4-2-6-16(18)17-7-3-5-9-19(17)20/h2-9,15,20H,10-13H2,1H3,(H,28,29). The van der Waals surface area contributed by atoms with Crippen molar-refractivity contribution in [2.45, 2.75) is 25.3 Å². The van der Waals surface area contributed by atoms with E-state index >= 15 is 0 Å². The van der Waals surface area contributed by atoms with E-state index in [2.05, 4.69) is 34.6 Å². The molecule has 158 valence electrons. The minimum Gasteiger partial charge on any atom is -0.476 e. The number of nitrogens with zero attached hydrogens (tertiary/aromatic N) is 4. The third-order valence-electron chi connectivity index (χ3n) is 6.23. The van der Waals surface area contributed by atoms with E-state index < -0.39 is 5.97 Å². The van der Waals surface area contributed by atoms with Crippen LogP contribution in [-0.4, -0.2) is 56.8 Å². The van der Waals surface area contributed by atoms with Crippen molar-refractivity contribution in [3.05, 3.63) is 71.0 Å². The molecule has 1 aromatic heterocycles. The lowest BCUT2D eigenvalue weighted by Gasteiger charge is -2.19. The summed E-state index contributed by atoms with van der Waals surface area (Å²) in [5, 5.41) is 16.9. The van der Waals surface area contributed by atoms with E-state index in [9.17, 15) is 14.7 Å². The van der Waals surface area contributed by atoms with Gasteiger partial charge in [-0.25, -0.2) is 14.3 Å². The Kier molecular flexibility index (Phi) is 4.69. The van der Waals surface area contributed by atoms with Crippen molar-refractivity contribution in [1.82, 2.24) is 19.9 Å². The topological polar surface area (TPSA) is 97.5 Å². The van der Waals surface area contributed by atoms with Gasteiger partial charge in [0.1, 0.15) is 6.61 Å². The molecule has 0 bridgehead atoms. The maximum atomic E-state index is 12.8. The molecule has 8 heteroatoms. The number of amides is 1. The maximum Gasteiger partial charge on any atom is 0.409 e. The average Bonchev–Trinajstić information content (AvgIpc) is 3.48. The van der Waals surface area contributed by atoms with Crippen LogP contribution in [0.5, 0.6) is 0 Å². The third kappa shape index (κ3) is 3.24. The summed E-state index contributed by atoms with van der Waals surface area (Å²) in [5.74, 6) is -1.08. The van der Waals surface area contributed by atoms with Gasteiger partial charge in [0.2, 0.25) is 0 Å². The highest BCUT2D eigenvalue weighted by molar-refractivity contribution is 5.86. The second kappa shape index (κ2) is 7.54. The molecule has 1 unspecified atom stereocenters. The Balaban J connectivity index is 1.27. The van der Waals surface area contributed by atoms with Gasteiger partial charge in [-0.05, 0) is 35.6 Å². The van der Waals surface area contributed by atoms with Gasteiger partial charge in [0, 0.05) is 19.0 Å². The number of carbonyl (C=O) groups excluding carboxylic acids is 1. The summed E-state index contributed by atoms with van der Waals surface area (Å²) in [6.07, 6.45) is 0.313. The van der Waals surface area contributed by atoms with Crippen molar-refractivity contribution in [2.24, 2.45) is 0 Å². The molecule has 1 saturated heterocycles. The first-order valence-corrected chi connectivity index (χ1v) is 10.3. The molecule has 1 fully saturated rings. The van der Waals surface area contributed by atoms with Crippen molar-refractivity contribution in [1.29, 1.82) is 0 Å². The zero-order chi connectivity index (χ0) is 21.5. The third-order valence-corrected chi connectivity index (χ3v) is 6.23. The fourth-order valence-corrected chi connectivity index (χ4v) is 4.68. The number of hydrogen-bond donors (Lipinski definition) is 1. The summed E-state index contributed by atoms with van der Waals surface area (Å²) in [5.41, 5.74) is 5.17. The van der Waals surface area contributed by atoms with Crippen LogP contribution >= 0.6 is 0 Å². The van der Waals surface area contributed by atoms with E-state index in [4.69, 9.17) is 4.74 Å². The van der Waals surface area contributed by atoms with Crippen LogP contribution in [0.2, 0.25) is 0 Å². The molecule has 2 aromatic carbocycles. The highest BCUT2D eigenvalue weighted by Crippen LogP contribution is 2.44. The number of likely N-dealkylation sites (tertiary alicyclic amines) is 1. The van der Waals surface area contributed by atoms with Gasteiger partial charge in [-0.2, -0.15) is 0 Å².